The fourth-order valence-corrected chi connectivity index (χ4v) is 2.44. The lowest BCUT2D eigenvalue weighted by atomic mass is 10.2. The number of amides is 1. The summed E-state index contributed by atoms with van der Waals surface area (Å²) < 4.78 is 0. The zero-order chi connectivity index (χ0) is 14.5. The number of aryl methyl sites for hydroxylation is 2. The fourth-order valence-electron chi connectivity index (χ4n) is 1.66. The van der Waals surface area contributed by atoms with Gasteiger partial charge in [0, 0.05) is 23.5 Å². The predicted octanol–water partition coefficient (Wildman–Crippen LogP) is 2.12. The number of carbonyl (C=O) groups excluding carboxylic acids is 1. The highest BCUT2D eigenvalue weighted by molar-refractivity contribution is 7.99. The van der Waals surface area contributed by atoms with Crippen molar-refractivity contribution in [1.29, 1.82) is 0 Å². The average molecular weight is 291 g/mol. The first kappa shape index (κ1) is 14.4. The van der Waals surface area contributed by atoms with Gasteiger partial charge in [0.2, 0.25) is 11.1 Å². The molecule has 0 saturated heterocycles. The lowest BCUT2D eigenvalue weighted by molar-refractivity contribution is -0.115. The summed E-state index contributed by atoms with van der Waals surface area (Å²) in [6.45, 7) is 3.75. The van der Waals surface area contributed by atoms with Crippen molar-refractivity contribution in [3.8, 4) is 0 Å². The molecule has 0 spiro atoms. The minimum atomic E-state index is -0.0300. The van der Waals surface area contributed by atoms with E-state index in [1.54, 1.807) is 6.07 Å². The van der Waals surface area contributed by atoms with Crippen LogP contribution in [0.15, 0.2) is 23.4 Å². The first-order chi connectivity index (χ1) is 9.54. The third kappa shape index (κ3) is 3.99. The van der Waals surface area contributed by atoms with E-state index in [9.17, 15) is 4.79 Å². The summed E-state index contributed by atoms with van der Waals surface area (Å²) in [7, 11) is 0. The Labute approximate surface area is 121 Å². The molecule has 1 aromatic heterocycles. The average Bonchev–Trinajstić information content (AvgIpc) is 2.79. The second-order valence-electron chi connectivity index (χ2n) is 4.42. The quantitative estimate of drug-likeness (QED) is 0.579. The largest absolute Gasteiger partial charge is 0.399 e. The zero-order valence-electron chi connectivity index (χ0n) is 11.4. The van der Waals surface area contributed by atoms with Crippen LogP contribution in [0.3, 0.4) is 0 Å². The molecule has 1 heterocycles. The number of nitrogen functional groups attached to an aromatic ring is 1. The van der Waals surface area contributed by atoms with Gasteiger partial charge < -0.3 is 11.1 Å². The topological polar surface area (TPSA) is 96.7 Å². The van der Waals surface area contributed by atoms with Crippen molar-refractivity contribution >= 4 is 29.0 Å². The van der Waals surface area contributed by atoms with E-state index in [-0.39, 0.29) is 5.91 Å². The molecule has 0 saturated carbocycles. The summed E-state index contributed by atoms with van der Waals surface area (Å²) >= 11 is 1.45. The minimum absolute atomic E-state index is 0.0300. The number of anilines is 2. The molecule has 0 atom stereocenters. The maximum atomic E-state index is 11.8. The summed E-state index contributed by atoms with van der Waals surface area (Å²) in [4.78, 5) is 16.0. The molecule has 6 nitrogen and oxygen atoms in total. The summed E-state index contributed by atoms with van der Waals surface area (Å²) in [5.41, 5.74) is 8.11. The van der Waals surface area contributed by atoms with Gasteiger partial charge in [0.05, 0.1) is 0 Å². The maximum absolute atomic E-state index is 11.8. The van der Waals surface area contributed by atoms with E-state index in [2.05, 4.69) is 20.5 Å². The number of nitrogens with one attached hydrogen (secondary N) is 2. The highest BCUT2D eigenvalue weighted by Crippen LogP contribution is 2.18. The third-order valence-corrected chi connectivity index (χ3v) is 3.51. The van der Waals surface area contributed by atoms with Gasteiger partial charge >= 0.3 is 0 Å². The smallest absolute Gasteiger partial charge is 0.225 e. The third-order valence-electron chi connectivity index (χ3n) is 2.66. The van der Waals surface area contributed by atoms with Crippen LogP contribution < -0.4 is 11.1 Å². The van der Waals surface area contributed by atoms with Crippen molar-refractivity contribution in [2.45, 2.75) is 25.4 Å². The van der Waals surface area contributed by atoms with Crippen molar-refractivity contribution in [1.82, 2.24) is 15.2 Å². The van der Waals surface area contributed by atoms with Crippen molar-refractivity contribution in [2.75, 3.05) is 16.8 Å². The Morgan fingerprint density at radius 2 is 2.25 bits per heavy atom. The Morgan fingerprint density at radius 3 is 2.90 bits per heavy atom. The number of thioether (sulfide) groups is 1. The maximum Gasteiger partial charge on any atom is 0.225 e. The van der Waals surface area contributed by atoms with Crippen LogP contribution in [0.1, 0.15) is 17.8 Å². The van der Waals surface area contributed by atoms with E-state index in [0.29, 0.717) is 23.0 Å². The molecule has 0 bridgehead atoms. The van der Waals surface area contributed by atoms with E-state index < -0.39 is 0 Å². The summed E-state index contributed by atoms with van der Waals surface area (Å²) in [6.07, 6.45) is 0.405. The number of hydrogen-bond acceptors (Lipinski definition) is 5. The van der Waals surface area contributed by atoms with Crippen LogP contribution in [0, 0.1) is 13.8 Å². The van der Waals surface area contributed by atoms with Crippen LogP contribution >= 0.6 is 11.8 Å². The number of benzene rings is 1. The van der Waals surface area contributed by atoms with Crippen LogP contribution in [-0.4, -0.2) is 26.8 Å². The van der Waals surface area contributed by atoms with Crippen molar-refractivity contribution < 1.29 is 4.79 Å². The summed E-state index contributed by atoms with van der Waals surface area (Å²) in [5.74, 6) is 1.38. The Morgan fingerprint density at radius 1 is 1.45 bits per heavy atom. The van der Waals surface area contributed by atoms with Gasteiger partial charge in [-0.3, -0.25) is 9.89 Å². The molecule has 0 aliphatic rings. The lowest BCUT2D eigenvalue weighted by Gasteiger charge is -2.08. The molecule has 0 unspecified atom stereocenters. The van der Waals surface area contributed by atoms with Crippen molar-refractivity contribution in [3.63, 3.8) is 0 Å². The van der Waals surface area contributed by atoms with Crippen molar-refractivity contribution in [3.05, 3.63) is 29.6 Å². The monoisotopic (exact) mass is 291 g/mol. The van der Waals surface area contributed by atoms with Gasteiger partial charge in [-0.15, -0.1) is 5.10 Å². The molecular weight excluding hydrogens is 274 g/mol. The van der Waals surface area contributed by atoms with E-state index >= 15 is 0 Å². The molecule has 106 valence electrons. The van der Waals surface area contributed by atoms with Gasteiger partial charge in [-0.2, -0.15) is 0 Å². The molecule has 0 aliphatic heterocycles. The predicted molar refractivity (Wildman–Crippen MR) is 80.7 cm³/mol. The van der Waals surface area contributed by atoms with Crippen LogP contribution in [0.4, 0.5) is 11.4 Å². The molecule has 1 aromatic carbocycles. The first-order valence-electron chi connectivity index (χ1n) is 6.22. The number of aromatic nitrogens is 3. The standard InChI is InChI=1S/C13H17N5OS/c1-8-7-10(14)3-4-11(8)16-12(19)5-6-20-13-15-9(2)17-18-13/h3-4,7H,5-6,14H2,1-2H3,(H,16,19)(H,15,17,18). The molecule has 2 rings (SSSR count). The molecule has 0 fully saturated rings. The Hall–Kier alpha value is -2.02. The fraction of sp³-hybridized carbons (Fsp3) is 0.308. The molecule has 2 aromatic rings. The van der Waals surface area contributed by atoms with Gasteiger partial charge in [0.15, 0.2) is 0 Å². The van der Waals surface area contributed by atoms with Crippen molar-refractivity contribution in [2.24, 2.45) is 0 Å². The number of nitrogens with zero attached hydrogens (tertiary/aromatic N) is 2. The van der Waals surface area contributed by atoms with Crippen LogP contribution in [0.5, 0.6) is 0 Å². The van der Waals surface area contributed by atoms with E-state index in [4.69, 9.17) is 5.73 Å². The number of rotatable bonds is 5. The van der Waals surface area contributed by atoms with E-state index in [1.807, 2.05) is 26.0 Å². The van der Waals surface area contributed by atoms with Gasteiger partial charge in [0.1, 0.15) is 5.82 Å². The molecule has 0 radical (unpaired) electrons. The zero-order valence-corrected chi connectivity index (χ0v) is 12.3. The molecule has 0 aliphatic carbocycles. The minimum Gasteiger partial charge on any atom is -0.399 e. The van der Waals surface area contributed by atoms with Gasteiger partial charge in [-0.05, 0) is 37.6 Å². The van der Waals surface area contributed by atoms with Crippen LogP contribution in [0.2, 0.25) is 0 Å². The molecule has 20 heavy (non-hydrogen) atoms. The lowest BCUT2D eigenvalue weighted by Crippen LogP contribution is -2.13. The molecule has 7 heteroatoms. The van der Waals surface area contributed by atoms with Gasteiger partial charge in [-0.25, -0.2) is 4.98 Å². The van der Waals surface area contributed by atoms with E-state index in [0.717, 1.165) is 17.1 Å². The number of hydrogen-bond donors (Lipinski definition) is 3. The first-order valence-corrected chi connectivity index (χ1v) is 7.21. The molecule has 1 amide bonds. The Kier molecular flexibility index (Phi) is 4.62. The highest BCUT2D eigenvalue weighted by atomic mass is 32.2. The number of aromatic amines is 1. The summed E-state index contributed by atoms with van der Waals surface area (Å²) in [5, 5.41) is 10.3. The number of H-pyrrole nitrogens is 1. The molecule has 4 N–H and O–H groups in total. The van der Waals surface area contributed by atoms with Crippen LogP contribution in [0.25, 0.3) is 0 Å². The second kappa shape index (κ2) is 6.42. The summed E-state index contributed by atoms with van der Waals surface area (Å²) in [6, 6.07) is 5.42. The second-order valence-corrected chi connectivity index (χ2v) is 5.49. The van der Waals surface area contributed by atoms with Gasteiger partial charge in [0.25, 0.3) is 0 Å². The number of carbonyl (C=O) groups is 1. The normalized spacial score (nSPS) is 10.5. The van der Waals surface area contributed by atoms with Crippen LogP contribution in [-0.2, 0) is 4.79 Å². The number of nitrogens with two attached hydrogens (primary N) is 1. The van der Waals surface area contributed by atoms with E-state index in [1.165, 1.54) is 11.8 Å². The Balaban J connectivity index is 1.80. The van der Waals surface area contributed by atoms with Gasteiger partial charge in [-0.1, -0.05) is 11.8 Å². The molecular formula is C13H17N5OS. The SMILES string of the molecule is Cc1nc(SCCC(=O)Nc2ccc(N)cc2C)n[nH]1. The highest BCUT2D eigenvalue weighted by Gasteiger charge is 2.07. The Bertz CT molecular complexity index is 611.